The highest BCUT2D eigenvalue weighted by atomic mass is 32.2. The van der Waals surface area contributed by atoms with E-state index in [0.29, 0.717) is 5.92 Å². The van der Waals surface area contributed by atoms with Gasteiger partial charge in [0.1, 0.15) is 11.5 Å². The first-order chi connectivity index (χ1) is 13.8. The molecule has 6 nitrogen and oxygen atoms in total. The number of amides is 1. The Morgan fingerprint density at radius 2 is 1.72 bits per heavy atom. The molecule has 29 heavy (non-hydrogen) atoms. The van der Waals surface area contributed by atoms with Crippen LogP contribution in [0.2, 0.25) is 0 Å². The Balaban J connectivity index is 1.60. The molecule has 0 aliphatic heterocycles. The molecule has 0 saturated heterocycles. The molecular formula is C22H22N2O4S. The SMILES string of the molecule is CC(C)c1ccc(/C=N\NC(=O)c2ccc(CS(=O)(=O)c3ccccc3)o2)cc1. The van der Waals surface area contributed by atoms with Crippen LogP contribution in [0.15, 0.2) is 81.1 Å². The first kappa shape index (κ1) is 20.5. The first-order valence-electron chi connectivity index (χ1n) is 9.15. The number of furan rings is 1. The zero-order valence-electron chi connectivity index (χ0n) is 16.2. The predicted molar refractivity (Wildman–Crippen MR) is 112 cm³/mol. The van der Waals surface area contributed by atoms with Crippen LogP contribution in [-0.4, -0.2) is 20.5 Å². The molecule has 1 amide bonds. The van der Waals surface area contributed by atoms with Gasteiger partial charge >= 0.3 is 5.91 Å². The Labute approximate surface area is 170 Å². The van der Waals surface area contributed by atoms with Crippen molar-refractivity contribution < 1.29 is 17.6 Å². The van der Waals surface area contributed by atoms with E-state index in [2.05, 4.69) is 24.4 Å². The monoisotopic (exact) mass is 410 g/mol. The van der Waals surface area contributed by atoms with Gasteiger partial charge < -0.3 is 4.42 Å². The second-order valence-electron chi connectivity index (χ2n) is 6.86. The van der Waals surface area contributed by atoms with Crippen molar-refractivity contribution in [2.75, 3.05) is 0 Å². The maximum absolute atomic E-state index is 12.4. The molecule has 0 saturated carbocycles. The summed E-state index contributed by atoms with van der Waals surface area (Å²) in [5.41, 5.74) is 4.45. The minimum absolute atomic E-state index is 0.00410. The summed E-state index contributed by atoms with van der Waals surface area (Å²) in [7, 11) is -3.54. The lowest BCUT2D eigenvalue weighted by atomic mass is 10.0. The lowest BCUT2D eigenvalue weighted by Crippen LogP contribution is -2.16. The van der Waals surface area contributed by atoms with Crippen LogP contribution in [0.4, 0.5) is 0 Å². The molecule has 2 aromatic carbocycles. The van der Waals surface area contributed by atoms with Crippen LogP contribution in [0.1, 0.15) is 47.2 Å². The number of hydrazone groups is 1. The summed E-state index contributed by atoms with van der Waals surface area (Å²) in [6.07, 6.45) is 1.53. The van der Waals surface area contributed by atoms with E-state index in [0.717, 1.165) is 5.56 Å². The van der Waals surface area contributed by atoms with Crippen molar-refractivity contribution in [3.63, 3.8) is 0 Å². The number of hydrogen-bond donors (Lipinski definition) is 1. The van der Waals surface area contributed by atoms with E-state index in [4.69, 9.17) is 4.42 Å². The van der Waals surface area contributed by atoms with Crippen molar-refractivity contribution >= 4 is 22.0 Å². The summed E-state index contributed by atoms with van der Waals surface area (Å²) < 4.78 is 30.2. The molecule has 0 radical (unpaired) electrons. The molecule has 0 fully saturated rings. The van der Waals surface area contributed by atoms with E-state index in [1.54, 1.807) is 18.2 Å². The van der Waals surface area contributed by atoms with Crippen molar-refractivity contribution in [3.8, 4) is 0 Å². The number of carbonyl (C=O) groups is 1. The summed E-state index contributed by atoms with van der Waals surface area (Å²) >= 11 is 0. The van der Waals surface area contributed by atoms with Gasteiger partial charge in [-0.1, -0.05) is 56.3 Å². The average Bonchev–Trinajstić information content (AvgIpc) is 3.17. The van der Waals surface area contributed by atoms with Gasteiger partial charge in [-0.05, 0) is 41.3 Å². The van der Waals surface area contributed by atoms with E-state index in [1.807, 2.05) is 24.3 Å². The minimum atomic E-state index is -3.54. The van der Waals surface area contributed by atoms with Gasteiger partial charge in [-0.15, -0.1) is 0 Å². The highest BCUT2D eigenvalue weighted by molar-refractivity contribution is 7.90. The number of hydrogen-bond acceptors (Lipinski definition) is 5. The third-order valence-electron chi connectivity index (χ3n) is 4.30. The molecule has 3 aromatic rings. The lowest BCUT2D eigenvalue weighted by Gasteiger charge is -2.04. The Morgan fingerprint density at radius 1 is 1.03 bits per heavy atom. The van der Waals surface area contributed by atoms with E-state index in [1.165, 1.54) is 36.0 Å². The maximum atomic E-state index is 12.4. The van der Waals surface area contributed by atoms with E-state index >= 15 is 0 Å². The van der Waals surface area contributed by atoms with Gasteiger partial charge in [0.2, 0.25) is 0 Å². The number of sulfone groups is 1. The fourth-order valence-corrected chi connectivity index (χ4v) is 3.93. The second kappa shape index (κ2) is 8.87. The third kappa shape index (κ3) is 5.42. The first-order valence-corrected chi connectivity index (χ1v) is 10.8. The Bertz CT molecular complexity index is 1100. The van der Waals surface area contributed by atoms with Crippen molar-refractivity contribution in [3.05, 3.63) is 89.4 Å². The van der Waals surface area contributed by atoms with Crippen LogP contribution < -0.4 is 5.43 Å². The highest BCUT2D eigenvalue weighted by Crippen LogP contribution is 2.18. The number of benzene rings is 2. The number of nitrogens with one attached hydrogen (secondary N) is 1. The number of rotatable bonds is 7. The second-order valence-corrected chi connectivity index (χ2v) is 8.85. The van der Waals surface area contributed by atoms with Crippen LogP contribution in [-0.2, 0) is 15.6 Å². The smallest absolute Gasteiger partial charge is 0.307 e. The van der Waals surface area contributed by atoms with Gasteiger partial charge in [0, 0.05) is 0 Å². The standard InChI is InChI=1S/C22H22N2O4S/c1-16(2)18-10-8-17(9-11-18)14-23-24-22(25)21-13-12-19(28-21)15-29(26,27)20-6-4-3-5-7-20/h3-14,16H,15H2,1-2H3,(H,24,25)/b23-14-. The molecule has 0 spiro atoms. The number of nitrogens with zero attached hydrogens (tertiary/aromatic N) is 1. The minimum Gasteiger partial charge on any atom is -0.455 e. The normalized spacial score (nSPS) is 11.8. The molecule has 150 valence electrons. The Hall–Kier alpha value is -3.19. The van der Waals surface area contributed by atoms with Crippen LogP contribution in [0.3, 0.4) is 0 Å². The molecule has 3 rings (SSSR count). The van der Waals surface area contributed by atoms with Gasteiger partial charge in [-0.3, -0.25) is 4.79 Å². The zero-order valence-corrected chi connectivity index (χ0v) is 17.0. The Morgan fingerprint density at radius 3 is 2.38 bits per heavy atom. The lowest BCUT2D eigenvalue weighted by molar-refractivity contribution is 0.0926. The number of carbonyl (C=O) groups excluding carboxylic acids is 1. The van der Waals surface area contributed by atoms with Crippen molar-refractivity contribution in [1.82, 2.24) is 5.43 Å². The topological polar surface area (TPSA) is 88.7 Å². The summed E-state index contributed by atoms with van der Waals surface area (Å²) in [4.78, 5) is 12.4. The molecule has 0 aliphatic carbocycles. The molecular weight excluding hydrogens is 388 g/mol. The summed E-state index contributed by atoms with van der Waals surface area (Å²) in [5.74, 6) is -0.249. The predicted octanol–water partition coefficient (Wildman–Crippen LogP) is 4.14. The molecule has 1 N–H and O–H groups in total. The molecule has 1 heterocycles. The molecule has 0 atom stereocenters. The third-order valence-corrected chi connectivity index (χ3v) is 5.96. The van der Waals surface area contributed by atoms with Crippen LogP contribution in [0.25, 0.3) is 0 Å². The highest BCUT2D eigenvalue weighted by Gasteiger charge is 2.19. The molecule has 7 heteroatoms. The van der Waals surface area contributed by atoms with Crippen LogP contribution >= 0.6 is 0 Å². The van der Waals surface area contributed by atoms with Gasteiger partial charge in [-0.2, -0.15) is 5.10 Å². The van der Waals surface area contributed by atoms with E-state index in [9.17, 15) is 13.2 Å². The van der Waals surface area contributed by atoms with E-state index in [-0.39, 0.29) is 22.2 Å². The van der Waals surface area contributed by atoms with Crippen molar-refractivity contribution in [2.24, 2.45) is 5.10 Å². The fraction of sp³-hybridized carbons (Fsp3) is 0.182. The van der Waals surface area contributed by atoms with Gasteiger partial charge in [-0.25, -0.2) is 13.8 Å². The Kier molecular flexibility index (Phi) is 6.29. The molecule has 1 aromatic heterocycles. The van der Waals surface area contributed by atoms with Gasteiger partial charge in [0.05, 0.1) is 11.1 Å². The fourth-order valence-electron chi connectivity index (χ4n) is 2.66. The largest absolute Gasteiger partial charge is 0.455 e. The average molecular weight is 410 g/mol. The van der Waals surface area contributed by atoms with E-state index < -0.39 is 15.7 Å². The summed E-state index contributed by atoms with van der Waals surface area (Å²) in [6, 6.07) is 18.9. The van der Waals surface area contributed by atoms with Crippen LogP contribution in [0.5, 0.6) is 0 Å². The molecule has 0 unspecified atom stereocenters. The zero-order chi connectivity index (χ0) is 20.9. The summed E-state index contributed by atoms with van der Waals surface area (Å²) in [6.45, 7) is 4.23. The van der Waals surface area contributed by atoms with Gasteiger partial charge in [0.25, 0.3) is 0 Å². The van der Waals surface area contributed by atoms with Crippen molar-refractivity contribution in [2.45, 2.75) is 30.4 Å². The molecule has 0 aliphatic rings. The van der Waals surface area contributed by atoms with Crippen molar-refractivity contribution in [1.29, 1.82) is 0 Å². The maximum Gasteiger partial charge on any atom is 0.307 e. The van der Waals surface area contributed by atoms with Gasteiger partial charge in [0.15, 0.2) is 15.6 Å². The van der Waals surface area contributed by atoms with Crippen LogP contribution in [0, 0.1) is 0 Å². The summed E-state index contributed by atoms with van der Waals surface area (Å²) in [5, 5.41) is 3.92. The molecule has 0 bridgehead atoms. The quantitative estimate of drug-likeness (QED) is 0.468.